The molecule has 1 amide bonds. The zero-order chi connectivity index (χ0) is 31.6. The minimum absolute atomic E-state index is 0.0194. The lowest BCUT2D eigenvalue weighted by Crippen LogP contribution is -2.72. The Morgan fingerprint density at radius 3 is 2.16 bits per heavy atom. The molecular formula is C28H23N5O10S. The first-order chi connectivity index (χ1) is 21.0. The monoisotopic (exact) mass is 621 g/mol. The number of carboxylic acids is 1. The molecule has 1 aromatic heterocycles. The van der Waals surface area contributed by atoms with E-state index in [0.29, 0.717) is 16.0 Å². The Hall–Kier alpha value is -5.38. The first kappa shape index (κ1) is 30.1. The molecule has 0 bridgehead atoms. The summed E-state index contributed by atoms with van der Waals surface area (Å²) in [6.07, 6.45) is 0.860. The molecule has 5 rings (SSSR count). The van der Waals surface area contributed by atoms with E-state index in [-0.39, 0.29) is 41.7 Å². The number of hydrogen-bond acceptors (Lipinski definition) is 12. The average molecular weight is 622 g/mol. The Morgan fingerprint density at radius 1 is 1.05 bits per heavy atom. The van der Waals surface area contributed by atoms with E-state index in [1.54, 1.807) is 6.07 Å². The van der Waals surface area contributed by atoms with E-state index in [4.69, 9.17) is 9.47 Å². The zero-order valence-corrected chi connectivity index (χ0v) is 23.7. The second-order valence-corrected chi connectivity index (χ2v) is 11.0. The van der Waals surface area contributed by atoms with Crippen LogP contribution in [-0.4, -0.2) is 60.0 Å². The number of nitrogens with zero attached hydrogens (tertiary/aromatic N) is 5. The molecule has 1 N–H and O–H groups in total. The minimum atomic E-state index is -1.44. The number of rotatable bonds is 11. The molecule has 3 aromatic rings. The molecule has 15 nitrogen and oxygen atoms in total. The van der Waals surface area contributed by atoms with Crippen LogP contribution in [0.4, 0.5) is 16.2 Å². The van der Waals surface area contributed by atoms with Gasteiger partial charge in [-0.25, -0.2) is 19.6 Å². The number of β-lactam (4-membered cyclic amide) rings is 1. The fourth-order valence-electron chi connectivity index (χ4n) is 5.37. The van der Waals surface area contributed by atoms with Gasteiger partial charge in [0.15, 0.2) is 5.16 Å². The Morgan fingerprint density at radius 2 is 1.61 bits per heavy atom. The summed E-state index contributed by atoms with van der Waals surface area (Å²) in [6, 6.07) is 11.8. The first-order valence-corrected chi connectivity index (χ1v) is 13.9. The molecule has 0 aliphatic carbocycles. The van der Waals surface area contributed by atoms with Crippen LogP contribution in [0.3, 0.4) is 0 Å². The summed E-state index contributed by atoms with van der Waals surface area (Å²) in [4.78, 5) is 69.7. The Kier molecular flexibility index (Phi) is 8.26. The van der Waals surface area contributed by atoms with Gasteiger partial charge in [-0.15, -0.1) is 0 Å². The molecule has 0 radical (unpaired) electrons. The fourth-order valence-corrected chi connectivity index (χ4v) is 6.34. The molecule has 16 heteroatoms. The van der Waals surface area contributed by atoms with E-state index >= 15 is 0 Å². The summed E-state index contributed by atoms with van der Waals surface area (Å²) in [7, 11) is 0. The summed E-state index contributed by atoms with van der Waals surface area (Å²) in [5.41, 5.74) is -0.951. The van der Waals surface area contributed by atoms with E-state index < -0.39 is 45.4 Å². The van der Waals surface area contributed by atoms with E-state index in [0.717, 1.165) is 11.8 Å². The third kappa shape index (κ3) is 5.66. The highest BCUT2D eigenvalue weighted by Crippen LogP contribution is 2.56. The molecule has 2 aromatic carbocycles. The van der Waals surface area contributed by atoms with Gasteiger partial charge in [0.2, 0.25) is 5.91 Å². The number of hydrogen-bond donors (Lipinski definition) is 1. The van der Waals surface area contributed by atoms with Crippen LogP contribution in [0.2, 0.25) is 0 Å². The SMILES string of the molecule is C[C@@H](OC(=O)OCc1ccc([N+](=O)[O-])cc1)C1(Cc2ccc([N+](=O)[O-])cc2)C(=O)N2C(C(=O)O)=C(Sc3ncccn3)CC21. The predicted molar refractivity (Wildman–Crippen MR) is 151 cm³/mol. The van der Waals surface area contributed by atoms with E-state index in [9.17, 15) is 39.7 Å². The molecule has 3 heterocycles. The van der Waals surface area contributed by atoms with Gasteiger partial charge in [-0.1, -0.05) is 23.9 Å². The normalized spacial score (nSPS) is 19.5. The maximum absolute atomic E-state index is 13.9. The molecule has 2 unspecified atom stereocenters. The van der Waals surface area contributed by atoms with Crippen LogP contribution >= 0.6 is 11.8 Å². The lowest BCUT2D eigenvalue weighted by Gasteiger charge is -2.55. The molecule has 1 saturated heterocycles. The van der Waals surface area contributed by atoms with Crippen LogP contribution in [0.15, 0.2) is 82.7 Å². The van der Waals surface area contributed by atoms with Crippen molar-refractivity contribution < 1.29 is 38.8 Å². The number of nitro groups is 2. The third-order valence-electron chi connectivity index (χ3n) is 7.51. The van der Waals surface area contributed by atoms with Crippen LogP contribution in [0.25, 0.3) is 0 Å². The van der Waals surface area contributed by atoms with E-state index in [1.165, 1.54) is 72.7 Å². The van der Waals surface area contributed by atoms with Crippen molar-refractivity contribution in [2.24, 2.45) is 5.41 Å². The number of benzene rings is 2. The number of aromatic nitrogens is 2. The Bertz CT molecular complexity index is 1670. The standard InChI is InChI=1S/C28H23N5O10S/c1-16(43-27(37)42-15-18-5-9-20(10-6-18)33(40)41)28(14-17-3-7-19(8-4-17)32(38)39)22-13-21(44-26-29-11-2-12-30-26)23(24(34)35)31(22)25(28)36/h2-12,16,22H,13-15H2,1H3,(H,34,35)/t16-,22?,28?/m1/s1. The quantitative estimate of drug-likeness (QED) is 0.105. The smallest absolute Gasteiger partial charge is 0.477 e. The molecule has 0 saturated carbocycles. The van der Waals surface area contributed by atoms with Crippen LogP contribution in [0, 0.1) is 25.6 Å². The highest BCUT2D eigenvalue weighted by molar-refractivity contribution is 8.03. The molecule has 3 atom stereocenters. The number of carboxylic acid groups (broad SMARTS) is 1. The molecule has 1 fully saturated rings. The van der Waals surface area contributed by atoms with Gasteiger partial charge >= 0.3 is 12.1 Å². The molecule has 2 aliphatic heterocycles. The Labute approximate surface area is 252 Å². The van der Waals surface area contributed by atoms with Crippen molar-refractivity contribution in [1.29, 1.82) is 0 Å². The van der Waals surface area contributed by atoms with Crippen molar-refractivity contribution in [3.05, 3.63) is 109 Å². The summed E-state index contributed by atoms with van der Waals surface area (Å²) in [6.45, 7) is 1.24. The highest BCUT2D eigenvalue weighted by atomic mass is 32.2. The molecule has 0 spiro atoms. The predicted octanol–water partition coefficient (Wildman–Crippen LogP) is 4.27. The number of carbonyl (C=O) groups is 3. The van der Waals surface area contributed by atoms with Gasteiger partial charge in [0, 0.05) is 48.0 Å². The number of ether oxygens (including phenoxy) is 2. The van der Waals surface area contributed by atoms with Crippen LogP contribution < -0.4 is 0 Å². The molecule has 2 aliphatic rings. The lowest BCUT2D eigenvalue weighted by molar-refractivity contribution is -0.385. The number of carbonyl (C=O) groups excluding carboxylic acids is 2. The zero-order valence-electron chi connectivity index (χ0n) is 22.9. The second-order valence-electron chi connectivity index (χ2n) is 9.97. The van der Waals surface area contributed by atoms with E-state index in [1.807, 2.05) is 0 Å². The van der Waals surface area contributed by atoms with Crippen molar-refractivity contribution >= 4 is 41.2 Å². The Balaban J connectivity index is 1.39. The van der Waals surface area contributed by atoms with Gasteiger partial charge in [0.25, 0.3) is 11.4 Å². The van der Waals surface area contributed by atoms with Crippen molar-refractivity contribution in [3.63, 3.8) is 0 Å². The van der Waals surface area contributed by atoms with Crippen LogP contribution in [0.5, 0.6) is 0 Å². The topological polar surface area (TPSA) is 205 Å². The van der Waals surface area contributed by atoms with Crippen molar-refractivity contribution in [2.75, 3.05) is 0 Å². The first-order valence-electron chi connectivity index (χ1n) is 13.1. The largest absolute Gasteiger partial charge is 0.508 e. The summed E-state index contributed by atoms with van der Waals surface area (Å²) in [5, 5.41) is 32.4. The van der Waals surface area contributed by atoms with Gasteiger partial charge in [0.1, 0.15) is 23.8 Å². The summed E-state index contributed by atoms with van der Waals surface area (Å²) in [5.74, 6) is -1.92. The van der Waals surface area contributed by atoms with E-state index in [2.05, 4.69) is 9.97 Å². The number of aliphatic carboxylic acids is 1. The van der Waals surface area contributed by atoms with Crippen LogP contribution in [-0.2, 0) is 32.1 Å². The number of non-ortho nitro benzene ring substituents is 2. The summed E-state index contributed by atoms with van der Waals surface area (Å²) < 4.78 is 10.8. The van der Waals surface area contributed by atoms with Gasteiger partial charge in [-0.2, -0.15) is 0 Å². The maximum Gasteiger partial charge on any atom is 0.508 e. The maximum atomic E-state index is 13.9. The minimum Gasteiger partial charge on any atom is -0.477 e. The highest BCUT2D eigenvalue weighted by Gasteiger charge is 2.68. The fraction of sp³-hybridized carbons (Fsp3) is 0.250. The average Bonchev–Trinajstić information content (AvgIpc) is 3.35. The number of amides is 1. The number of fused-ring (bicyclic) bond motifs is 1. The summed E-state index contributed by atoms with van der Waals surface area (Å²) >= 11 is 1.02. The molecule has 44 heavy (non-hydrogen) atoms. The van der Waals surface area contributed by atoms with Crippen molar-refractivity contribution in [1.82, 2.24) is 14.9 Å². The lowest BCUT2D eigenvalue weighted by atomic mass is 9.63. The van der Waals surface area contributed by atoms with Crippen LogP contribution in [0.1, 0.15) is 24.5 Å². The van der Waals surface area contributed by atoms with Gasteiger partial charge in [0.05, 0.1) is 15.9 Å². The number of thioether (sulfide) groups is 1. The number of nitro benzene ring substituents is 2. The molecule has 226 valence electrons. The van der Waals surface area contributed by atoms with Crippen molar-refractivity contribution in [3.8, 4) is 0 Å². The third-order valence-corrected chi connectivity index (χ3v) is 8.51. The van der Waals surface area contributed by atoms with Gasteiger partial charge in [-0.05, 0) is 42.7 Å². The molecular weight excluding hydrogens is 598 g/mol. The van der Waals surface area contributed by atoms with Crippen molar-refractivity contribution in [2.45, 2.75) is 43.7 Å². The van der Waals surface area contributed by atoms with Gasteiger partial charge < -0.3 is 19.5 Å². The van der Waals surface area contributed by atoms with Gasteiger partial charge in [-0.3, -0.25) is 25.0 Å². The second kappa shape index (κ2) is 12.1.